The van der Waals surface area contributed by atoms with E-state index in [-0.39, 0.29) is 11.2 Å². The van der Waals surface area contributed by atoms with Crippen molar-refractivity contribution in [3.8, 4) is 0 Å². The maximum absolute atomic E-state index is 11.1. The zero-order valence-electron chi connectivity index (χ0n) is 7.96. The van der Waals surface area contributed by atoms with Crippen LogP contribution in [0.2, 0.25) is 0 Å². The van der Waals surface area contributed by atoms with Gasteiger partial charge in [-0.1, -0.05) is 6.92 Å². The van der Waals surface area contributed by atoms with Crippen LogP contribution in [0.4, 0.5) is 0 Å². The lowest BCUT2D eigenvalue weighted by Gasteiger charge is -2.14. The summed E-state index contributed by atoms with van der Waals surface area (Å²) in [7, 11) is 1.66. The van der Waals surface area contributed by atoms with Gasteiger partial charge in [0.2, 0.25) is 5.91 Å². The maximum Gasteiger partial charge on any atom is 0.232 e. The van der Waals surface area contributed by atoms with Crippen LogP contribution in [0.1, 0.15) is 20.3 Å². The minimum atomic E-state index is 0.0246. The number of hydrogen-bond acceptors (Lipinski definition) is 3. The molecule has 4 heteroatoms. The molecule has 2 atom stereocenters. The van der Waals surface area contributed by atoms with Crippen molar-refractivity contribution >= 4 is 17.7 Å². The summed E-state index contributed by atoms with van der Waals surface area (Å²) in [4.78, 5) is 11.1. The van der Waals surface area contributed by atoms with E-state index in [2.05, 4.69) is 12.2 Å². The van der Waals surface area contributed by atoms with Crippen molar-refractivity contribution < 1.29 is 4.79 Å². The Morgan fingerprint density at radius 1 is 1.58 bits per heavy atom. The quantitative estimate of drug-likeness (QED) is 0.667. The molecular weight excluding hydrogens is 172 g/mol. The van der Waals surface area contributed by atoms with Gasteiger partial charge in [0, 0.05) is 12.3 Å². The third-order valence-electron chi connectivity index (χ3n) is 1.63. The van der Waals surface area contributed by atoms with Crippen molar-refractivity contribution in [3.63, 3.8) is 0 Å². The van der Waals surface area contributed by atoms with E-state index in [1.807, 2.05) is 6.92 Å². The summed E-state index contributed by atoms with van der Waals surface area (Å²) in [6.45, 7) is 4.70. The second-order valence-corrected chi connectivity index (χ2v) is 4.56. The van der Waals surface area contributed by atoms with Crippen LogP contribution in [0.15, 0.2) is 0 Å². The monoisotopic (exact) mass is 190 g/mol. The molecule has 0 bridgehead atoms. The van der Waals surface area contributed by atoms with E-state index in [1.54, 1.807) is 18.8 Å². The SMILES string of the molecule is CNC(=O)C(C)SC(C)CCN. The Labute approximate surface area is 78.5 Å². The van der Waals surface area contributed by atoms with E-state index in [1.165, 1.54) is 0 Å². The molecule has 72 valence electrons. The maximum atomic E-state index is 11.1. The summed E-state index contributed by atoms with van der Waals surface area (Å²) >= 11 is 1.66. The van der Waals surface area contributed by atoms with Gasteiger partial charge in [0.15, 0.2) is 0 Å². The fourth-order valence-electron chi connectivity index (χ4n) is 0.916. The average molecular weight is 190 g/mol. The number of carbonyl (C=O) groups is 1. The number of hydrogen-bond donors (Lipinski definition) is 2. The highest BCUT2D eigenvalue weighted by molar-refractivity contribution is 8.01. The highest BCUT2D eigenvalue weighted by Crippen LogP contribution is 2.19. The minimum Gasteiger partial charge on any atom is -0.358 e. The molecular formula is C8H18N2OS. The number of nitrogens with one attached hydrogen (secondary N) is 1. The van der Waals surface area contributed by atoms with E-state index in [0.29, 0.717) is 11.8 Å². The van der Waals surface area contributed by atoms with E-state index in [9.17, 15) is 4.79 Å². The van der Waals surface area contributed by atoms with Crippen LogP contribution in [0.5, 0.6) is 0 Å². The van der Waals surface area contributed by atoms with Crippen LogP contribution in [0.25, 0.3) is 0 Å². The topological polar surface area (TPSA) is 55.1 Å². The first-order chi connectivity index (χ1) is 5.61. The van der Waals surface area contributed by atoms with Crippen LogP contribution in [-0.2, 0) is 4.79 Å². The van der Waals surface area contributed by atoms with Crippen LogP contribution in [-0.4, -0.2) is 30.0 Å². The molecule has 12 heavy (non-hydrogen) atoms. The lowest BCUT2D eigenvalue weighted by molar-refractivity contribution is -0.119. The van der Waals surface area contributed by atoms with Gasteiger partial charge < -0.3 is 11.1 Å². The van der Waals surface area contributed by atoms with Crippen molar-refractivity contribution in [1.82, 2.24) is 5.32 Å². The van der Waals surface area contributed by atoms with E-state index in [0.717, 1.165) is 6.42 Å². The molecule has 0 aromatic heterocycles. The van der Waals surface area contributed by atoms with E-state index >= 15 is 0 Å². The third kappa shape index (κ3) is 4.62. The highest BCUT2D eigenvalue weighted by atomic mass is 32.2. The molecule has 3 nitrogen and oxygen atoms in total. The molecule has 2 unspecified atom stereocenters. The molecule has 0 radical (unpaired) electrons. The van der Waals surface area contributed by atoms with Crippen LogP contribution in [0.3, 0.4) is 0 Å². The first kappa shape index (κ1) is 11.8. The number of rotatable bonds is 5. The molecule has 0 aliphatic rings. The summed E-state index contributed by atoms with van der Waals surface area (Å²) in [5, 5.41) is 3.11. The fraction of sp³-hybridized carbons (Fsp3) is 0.875. The highest BCUT2D eigenvalue weighted by Gasteiger charge is 2.14. The number of nitrogens with two attached hydrogens (primary N) is 1. The molecule has 3 N–H and O–H groups in total. The first-order valence-electron chi connectivity index (χ1n) is 4.19. The van der Waals surface area contributed by atoms with E-state index < -0.39 is 0 Å². The van der Waals surface area contributed by atoms with Gasteiger partial charge in [-0.05, 0) is 19.9 Å². The Balaban J connectivity index is 3.67. The Hall–Kier alpha value is -0.220. The molecule has 0 saturated heterocycles. The molecule has 0 aromatic rings. The van der Waals surface area contributed by atoms with Crippen molar-refractivity contribution in [3.05, 3.63) is 0 Å². The van der Waals surface area contributed by atoms with Crippen LogP contribution >= 0.6 is 11.8 Å². The van der Waals surface area contributed by atoms with Crippen molar-refractivity contribution in [2.45, 2.75) is 30.8 Å². The lowest BCUT2D eigenvalue weighted by atomic mass is 10.3. The number of thioether (sulfide) groups is 1. The second kappa shape index (κ2) is 6.31. The zero-order chi connectivity index (χ0) is 9.56. The fourth-order valence-corrected chi connectivity index (χ4v) is 2.13. The summed E-state index contributed by atoms with van der Waals surface area (Å²) in [6, 6.07) is 0. The van der Waals surface area contributed by atoms with Crippen molar-refractivity contribution in [2.75, 3.05) is 13.6 Å². The molecule has 0 rings (SSSR count). The molecule has 0 heterocycles. The second-order valence-electron chi connectivity index (χ2n) is 2.78. The standard InChI is InChI=1S/C8H18N2OS/c1-6(4-5-9)12-7(2)8(11)10-3/h6-7H,4-5,9H2,1-3H3,(H,10,11). The van der Waals surface area contributed by atoms with Gasteiger partial charge in [0.05, 0.1) is 5.25 Å². The van der Waals surface area contributed by atoms with Crippen LogP contribution in [0, 0.1) is 0 Å². The predicted molar refractivity (Wildman–Crippen MR) is 54.3 cm³/mol. The largest absolute Gasteiger partial charge is 0.358 e. The van der Waals surface area contributed by atoms with Gasteiger partial charge >= 0.3 is 0 Å². The molecule has 0 saturated carbocycles. The average Bonchev–Trinajstić information content (AvgIpc) is 2.03. The van der Waals surface area contributed by atoms with Gasteiger partial charge in [0.25, 0.3) is 0 Å². The van der Waals surface area contributed by atoms with Crippen molar-refractivity contribution in [1.29, 1.82) is 0 Å². The van der Waals surface area contributed by atoms with Crippen LogP contribution < -0.4 is 11.1 Å². The Morgan fingerprint density at radius 3 is 2.58 bits per heavy atom. The molecule has 0 spiro atoms. The summed E-state index contributed by atoms with van der Waals surface area (Å²) in [6.07, 6.45) is 0.964. The normalized spacial score (nSPS) is 15.3. The molecule has 1 amide bonds. The first-order valence-corrected chi connectivity index (χ1v) is 5.13. The minimum absolute atomic E-state index is 0.0246. The Kier molecular flexibility index (Phi) is 6.20. The lowest BCUT2D eigenvalue weighted by Crippen LogP contribution is -2.28. The van der Waals surface area contributed by atoms with Gasteiger partial charge in [0.1, 0.15) is 0 Å². The van der Waals surface area contributed by atoms with Gasteiger partial charge in [-0.15, -0.1) is 11.8 Å². The number of carbonyl (C=O) groups excluding carboxylic acids is 1. The van der Waals surface area contributed by atoms with Gasteiger partial charge in [-0.25, -0.2) is 0 Å². The predicted octanol–water partition coefficient (Wildman–Crippen LogP) is 0.591. The van der Waals surface area contributed by atoms with Gasteiger partial charge in [-0.3, -0.25) is 4.79 Å². The van der Waals surface area contributed by atoms with Gasteiger partial charge in [-0.2, -0.15) is 0 Å². The molecule has 0 aromatic carbocycles. The summed E-state index contributed by atoms with van der Waals surface area (Å²) in [5.74, 6) is 0.0869. The smallest absolute Gasteiger partial charge is 0.232 e. The third-order valence-corrected chi connectivity index (χ3v) is 2.95. The summed E-state index contributed by atoms with van der Waals surface area (Å²) in [5.41, 5.74) is 5.40. The Bertz CT molecular complexity index is 141. The molecule has 0 fully saturated rings. The zero-order valence-corrected chi connectivity index (χ0v) is 8.78. The Morgan fingerprint density at radius 2 is 2.17 bits per heavy atom. The van der Waals surface area contributed by atoms with Crippen molar-refractivity contribution in [2.24, 2.45) is 5.73 Å². The number of amides is 1. The molecule has 0 aliphatic heterocycles. The summed E-state index contributed by atoms with van der Waals surface area (Å²) < 4.78 is 0. The molecule has 0 aliphatic carbocycles. The van der Waals surface area contributed by atoms with E-state index in [4.69, 9.17) is 5.73 Å².